The zero-order valence-corrected chi connectivity index (χ0v) is 20.1. The van der Waals surface area contributed by atoms with Crippen LogP contribution in [0.25, 0.3) is 0 Å². The zero-order valence-electron chi connectivity index (χ0n) is 19.3. The van der Waals surface area contributed by atoms with Crippen LogP contribution in [0.2, 0.25) is 5.02 Å². The maximum Gasteiger partial charge on any atom is 0.125 e. The molecule has 1 fully saturated rings. The number of halogens is 1. The van der Waals surface area contributed by atoms with Crippen molar-refractivity contribution in [2.45, 2.75) is 49.7 Å². The first-order valence-electron chi connectivity index (χ1n) is 12.1. The first-order chi connectivity index (χ1) is 16.6. The topological polar surface area (TPSA) is 48.3 Å². The molecular formula is C29H30ClN3O. The van der Waals surface area contributed by atoms with Crippen LogP contribution in [-0.2, 0) is 12.1 Å². The van der Waals surface area contributed by atoms with Gasteiger partial charge in [0.05, 0.1) is 12.7 Å². The van der Waals surface area contributed by atoms with Crippen molar-refractivity contribution in [3.8, 4) is 11.8 Å². The molecule has 0 saturated heterocycles. The van der Waals surface area contributed by atoms with Crippen LogP contribution in [0.4, 0.5) is 5.69 Å². The quantitative estimate of drug-likeness (QED) is 0.386. The molecule has 5 rings (SSSR count). The molecule has 1 heterocycles. The number of ether oxygens (including phenoxy) is 1. The fourth-order valence-corrected chi connectivity index (χ4v) is 5.87. The van der Waals surface area contributed by atoms with Gasteiger partial charge in [-0.05, 0) is 73.6 Å². The molecule has 3 aromatic rings. The molecular weight excluding hydrogens is 442 g/mol. The summed E-state index contributed by atoms with van der Waals surface area (Å²) in [5, 5.41) is 14.4. The summed E-state index contributed by atoms with van der Waals surface area (Å²) in [6.07, 6.45) is 4.45. The molecule has 0 bridgehead atoms. The number of hydrogen-bond acceptors (Lipinski definition) is 4. The van der Waals surface area contributed by atoms with Crippen molar-refractivity contribution in [2.75, 3.05) is 18.5 Å². The normalized spacial score (nSPS) is 23.9. The summed E-state index contributed by atoms with van der Waals surface area (Å²) in [4.78, 5) is 2.63. The Morgan fingerprint density at radius 2 is 1.71 bits per heavy atom. The molecule has 1 N–H and O–H groups in total. The number of nitrogens with zero attached hydrogens (tertiary/aromatic N) is 2. The van der Waals surface area contributed by atoms with Crippen molar-refractivity contribution in [3.63, 3.8) is 0 Å². The highest BCUT2D eigenvalue weighted by Gasteiger charge is 2.50. The maximum absolute atomic E-state index is 10.2. The van der Waals surface area contributed by atoms with Crippen molar-refractivity contribution in [2.24, 2.45) is 0 Å². The summed E-state index contributed by atoms with van der Waals surface area (Å²) < 4.78 is 5.95. The molecule has 1 saturated carbocycles. The number of anilines is 1. The van der Waals surface area contributed by atoms with Gasteiger partial charge in [0, 0.05) is 29.3 Å². The Morgan fingerprint density at radius 3 is 2.47 bits per heavy atom. The lowest BCUT2D eigenvalue weighted by atomic mass is 9.69. The van der Waals surface area contributed by atoms with Gasteiger partial charge in [-0.3, -0.25) is 4.90 Å². The van der Waals surface area contributed by atoms with Crippen molar-refractivity contribution >= 4 is 17.3 Å². The van der Waals surface area contributed by atoms with Crippen molar-refractivity contribution in [1.29, 1.82) is 5.26 Å². The Kier molecular flexibility index (Phi) is 6.50. The standard InChI is InChI=1S/C29H30ClN3O/c30-24-9-6-10-25(20-24)32-28(22-31)14-16-29(17-15-28)27-13-5-4-8-23(27)21-33(29)18-7-19-34-26-11-2-1-3-12-26/h1-6,8-13,20,32H,7,14-19,21H2. The summed E-state index contributed by atoms with van der Waals surface area (Å²) in [5.74, 6) is 0.922. The van der Waals surface area contributed by atoms with Gasteiger partial charge in [0.1, 0.15) is 11.3 Å². The van der Waals surface area contributed by atoms with Gasteiger partial charge in [0.25, 0.3) is 0 Å². The monoisotopic (exact) mass is 471 g/mol. The van der Waals surface area contributed by atoms with Gasteiger partial charge < -0.3 is 10.1 Å². The molecule has 1 aliphatic carbocycles. The van der Waals surface area contributed by atoms with Crippen LogP contribution in [0.5, 0.6) is 5.75 Å². The lowest BCUT2D eigenvalue weighted by Crippen LogP contribution is -2.51. The second-order valence-electron chi connectivity index (χ2n) is 9.45. The van der Waals surface area contributed by atoms with Crippen LogP contribution >= 0.6 is 11.6 Å². The fraction of sp³-hybridized carbons (Fsp3) is 0.345. The Bertz CT molecular complexity index is 1170. The molecule has 5 heteroatoms. The van der Waals surface area contributed by atoms with E-state index >= 15 is 0 Å². The van der Waals surface area contributed by atoms with Gasteiger partial charge in [-0.25, -0.2) is 0 Å². The third kappa shape index (κ3) is 4.51. The highest BCUT2D eigenvalue weighted by molar-refractivity contribution is 6.30. The van der Waals surface area contributed by atoms with Crippen LogP contribution in [0.15, 0.2) is 78.9 Å². The first-order valence-corrected chi connectivity index (χ1v) is 12.5. The van der Waals surface area contributed by atoms with Gasteiger partial charge in [-0.2, -0.15) is 5.26 Å². The van der Waals surface area contributed by atoms with E-state index in [1.165, 1.54) is 11.1 Å². The lowest BCUT2D eigenvalue weighted by Gasteiger charge is -2.47. The molecule has 34 heavy (non-hydrogen) atoms. The number of hydrogen-bond donors (Lipinski definition) is 1. The molecule has 0 amide bonds. The summed E-state index contributed by atoms with van der Waals surface area (Å²) in [6, 6.07) is 29.1. The Morgan fingerprint density at radius 1 is 0.941 bits per heavy atom. The van der Waals surface area contributed by atoms with E-state index in [1.54, 1.807) is 0 Å². The van der Waals surface area contributed by atoms with Crippen molar-refractivity contribution < 1.29 is 4.74 Å². The van der Waals surface area contributed by atoms with E-state index in [0.29, 0.717) is 11.6 Å². The Hall–Kier alpha value is -3.00. The van der Waals surface area contributed by atoms with Gasteiger partial charge in [-0.1, -0.05) is 60.1 Å². The first kappa shape index (κ1) is 22.8. The SMILES string of the molecule is N#CC1(Nc2cccc(Cl)c2)CCC2(CC1)c1ccccc1CN2CCCOc1ccccc1. The smallest absolute Gasteiger partial charge is 0.125 e. The molecule has 0 atom stereocenters. The van der Waals surface area contributed by atoms with E-state index in [4.69, 9.17) is 16.3 Å². The second-order valence-corrected chi connectivity index (χ2v) is 9.89. The van der Waals surface area contributed by atoms with Crippen LogP contribution in [0.1, 0.15) is 43.2 Å². The number of nitrogens with one attached hydrogen (secondary N) is 1. The Labute approximate surface area is 207 Å². The minimum atomic E-state index is -0.574. The second kappa shape index (κ2) is 9.70. The Balaban J connectivity index is 1.30. The largest absolute Gasteiger partial charge is 0.494 e. The summed E-state index contributed by atoms with van der Waals surface area (Å²) in [5.41, 5.74) is 3.17. The zero-order chi connectivity index (χ0) is 23.4. The minimum Gasteiger partial charge on any atom is -0.494 e. The summed E-state index contributed by atoms with van der Waals surface area (Å²) in [7, 11) is 0. The average molecular weight is 472 g/mol. The van der Waals surface area contributed by atoms with E-state index in [2.05, 4.69) is 40.6 Å². The van der Waals surface area contributed by atoms with E-state index in [-0.39, 0.29) is 5.54 Å². The molecule has 0 radical (unpaired) electrons. The summed E-state index contributed by atoms with van der Waals surface area (Å²) >= 11 is 6.18. The third-order valence-corrected chi connectivity index (χ3v) is 7.66. The highest BCUT2D eigenvalue weighted by atomic mass is 35.5. The number of rotatable bonds is 7. The van der Waals surface area contributed by atoms with Gasteiger partial charge >= 0.3 is 0 Å². The van der Waals surface area contributed by atoms with Crippen LogP contribution in [0.3, 0.4) is 0 Å². The lowest BCUT2D eigenvalue weighted by molar-refractivity contribution is 0.0458. The summed E-state index contributed by atoms with van der Waals surface area (Å²) in [6.45, 7) is 2.64. The van der Waals surface area contributed by atoms with Crippen LogP contribution in [0, 0.1) is 11.3 Å². The van der Waals surface area contributed by atoms with E-state index < -0.39 is 5.54 Å². The number of para-hydroxylation sites is 1. The molecule has 4 nitrogen and oxygen atoms in total. The predicted molar refractivity (Wildman–Crippen MR) is 137 cm³/mol. The van der Waals surface area contributed by atoms with Gasteiger partial charge in [-0.15, -0.1) is 0 Å². The number of nitriles is 1. The molecule has 0 aromatic heterocycles. The van der Waals surface area contributed by atoms with Crippen LogP contribution < -0.4 is 10.1 Å². The molecule has 1 spiro atoms. The van der Waals surface area contributed by atoms with Crippen LogP contribution in [-0.4, -0.2) is 23.6 Å². The number of fused-ring (bicyclic) bond motifs is 2. The predicted octanol–water partition coefficient (Wildman–Crippen LogP) is 6.77. The van der Waals surface area contributed by atoms with Gasteiger partial charge in [0.15, 0.2) is 0 Å². The molecule has 1 aliphatic heterocycles. The van der Waals surface area contributed by atoms with Crippen molar-refractivity contribution in [1.82, 2.24) is 4.90 Å². The minimum absolute atomic E-state index is 0.0142. The van der Waals surface area contributed by atoms with E-state index in [0.717, 1.165) is 56.6 Å². The molecule has 174 valence electrons. The molecule has 3 aromatic carbocycles. The molecule has 2 aliphatic rings. The maximum atomic E-state index is 10.2. The fourth-order valence-electron chi connectivity index (χ4n) is 5.68. The third-order valence-electron chi connectivity index (χ3n) is 7.42. The van der Waals surface area contributed by atoms with E-state index in [1.807, 2.05) is 54.6 Å². The highest BCUT2D eigenvalue weighted by Crippen LogP contribution is 2.51. The van der Waals surface area contributed by atoms with E-state index in [9.17, 15) is 5.26 Å². The van der Waals surface area contributed by atoms with Gasteiger partial charge in [0.2, 0.25) is 0 Å². The average Bonchev–Trinajstić information content (AvgIpc) is 3.17. The molecule has 0 unspecified atom stereocenters. The van der Waals surface area contributed by atoms with Crippen molar-refractivity contribution in [3.05, 3.63) is 95.0 Å². The number of benzene rings is 3.